The quantitative estimate of drug-likeness (QED) is 0.333. The van der Waals surface area contributed by atoms with Gasteiger partial charge >= 0.3 is 0 Å². The van der Waals surface area contributed by atoms with Gasteiger partial charge in [0.2, 0.25) is 16.0 Å². The SMILES string of the molecule is Cc1ccc(S(=O)(=O)N2CCC(Nc3nc(N[C@H]4CC[C@H](N)CC4)nc4c3ncn4C3CCCC3)CC2)cc1.Cl.Cl. The van der Waals surface area contributed by atoms with E-state index in [2.05, 4.69) is 15.2 Å². The number of nitrogens with zero attached hydrogens (tertiary/aromatic N) is 5. The monoisotopic (exact) mass is 624 g/mol. The normalized spacial score (nSPS) is 22.7. The van der Waals surface area contributed by atoms with Crippen LogP contribution in [-0.2, 0) is 10.0 Å². The van der Waals surface area contributed by atoms with Crippen LogP contribution in [0.4, 0.5) is 11.8 Å². The number of halogens is 2. The minimum atomic E-state index is -3.50. The van der Waals surface area contributed by atoms with Crippen molar-refractivity contribution in [1.82, 2.24) is 23.8 Å². The van der Waals surface area contributed by atoms with Crippen molar-refractivity contribution in [2.45, 2.75) is 100 Å². The van der Waals surface area contributed by atoms with Crippen molar-refractivity contribution in [3.8, 4) is 0 Å². The Hall–Kier alpha value is -2.18. The summed E-state index contributed by atoms with van der Waals surface area (Å²) in [6.45, 7) is 2.89. The molecule has 13 heteroatoms. The second-order valence-corrected chi connectivity index (χ2v) is 13.5. The third-order valence-corrected chi connectivity index (χ3v) is 10.6. The van der Waals surface area contributed by atoms with E-state index in [0.717, 1.165) is 61.1 Å². The number of anilines is 2. The average Bonchev–Trinajstić information content (AvgIpc) is 3.61. The minimum absolute atomic E-state index is 0. The Morgan fingerprint density at radius 1 is 0.854 bits per heavy atom. The number of nitrogens with two attached hydrogens (primary N) is 1. The smallest absolute Gasteiger partial charge is 0.243 e. The summed E-state index contributed by atoms with van der Waals surface area (Å²) in [4.78, 5) is 15.0. The fourth-order valence-electron chi connectivity index (χ4n) is 6.27. The van der Waals surface area contributed by atoms with Gasteiger partial charge in [-0.1, -0.05) is 30.5 Å². The van der Waals surface area contributed by atoms with Crippen molar-refractivity contribution in [3.63, 3.8) is 0 Å². The third kappa shape index (κ3) is 6.91. The highest BCUT2D eigenvalue weighted by molar-refractivity contribution is 7.89. The van der Waals surface area contributed by atoms with Crippen molar-refractivity contribution in [2.24, 2.45) is 5.73 Å². The maximum Gasteiger partial charge on any atom is 0.243 e. The molecule has 0 radical (unpaired) electrons. The molecule has 3 aromatic rings. The van der Waals surface area contributed by atoms with Gasteiger partial charge in [0.25, 0.3) is 0 Å². The fraction of sp³-hybridized carbons (Fsp3) is 0.607. The van der Waals surface area contributed by atoms with E-state index in [1.165, 1.54) is 12.8 Å². The maximum absolute atomic E-state index is 13.2. The lowest BCUT2D eigenvalue weighted by Gasteiger charge is -2.32. The van der Waals surface area contributed by atoms with Crippen LogP contribution in [0.2, 0.25) is 0 Å². The van der Waals surface area contributed by atoms with Crippen LogP contribution in [0.15, 0.2) is 35.5 Å². The van der Waals surface area contributed by atoms with E-state index >= 15 is 0 Å². The van der Waals surface area contributed by atoms with E-state index in [4.69, 9.17) is 20.7 Å². The second kappa shape index (κ2) is 13.4. The first-order valence-corrected chi connectivity index (χ1v) is 15.9. The lowest BCUT2D eigenvalue weighted by Crippen LogP contribution is -2.42. The summed E-state index contributed by atoms with van der Waals surface area (Å²) in [5.41, 5.74) is 8.82. The van der Waals surface area contributed by atoms with Crippen LogP contribution in [0.1, 0.15) is 75.8 Å². The second-order valence-electron chi connectivity index (χ2n) is 11.5. The van der Waals surface area contributed by atoms with Gasteiger partial charge in [-0.05, 0) is 70.4 Å². The Morgan fingerprint density at radius 3 is 2.15 bits per heavy atom. The number of sulfonamides is 1. The van der Waals surface area contributed by atoms with Crippen molar-refractivity contribution < 1.29 is 8.42 Å². The molecule has 10 nitrogen and oxygen atoms in total. The first-order valence-electron chi connectivity index (χ1n) is 14.5. The third-order valence-electron chi connectivity index (χ3n) is 8.70. The predicted octanol–water partition coefficient (Wildman–Crippen LogP) is 5.04. The zero-order chi connectivity index (χ0) is 27.0. The lowest BCUT2D eigenvalue weighted by molar-refractivity contribution is 0.329. The number of aromatic nitrogens is 4. The first kappa shape index (κ1) is 31.7. The highest BCUT2D eigenvalue weighted by atomic mass is 35.5. The predicted molar refractivity (Wildman–Crippen MR) is 168 cm³/mol. The number of imidazole rings is 1. The highest BCUT2D eigenvalue weighted by Gasteiger charge is 2.31. The standard InChI is InChI=1S/C28H40N8O2S.2ClH/c1-19-6-12-24(13-7-19)39(37,38)35-16-14-22(15-17-35)31-26-25-27(36(18-30-25)23-4-2-3-5-23)34-28(33-26)32-21-10-8-20(29)9-11-21;;/h6-7,12-13,18,20-23H,2-5,8-11,14-17,29H2,1H3,(H2,31,32,33,34);2*1H/t20-,21-;;. The fourth-order valence-corrected chi connectivity index (χ4v) is 7.74. The van der Waals surface area contributed by atoms with Crippen molar-refractivity contribution in [1.29, 1.82) is 0 Å². The molecule has 3 heterocycles. The number of rotatable bonds is 7. The zero-order valence-electron chi connectivity index (χ0n) is 23.5. The summed E-state index contributed by atoms with van der Waals surface area (Å²) in [5, 5.41) is 7.20. The van der Waals surface area contributed by atoms with E-state index < -0.39 is 10.0 Å². The number of fused-ring (bicyclic) bond motifs is 1. The molecule has 1 aromatic carbocycles. The van der Waals surface area contributed by atoms with Gasteiger partial charge in [-0.3, -0.25) is 0 Å². The Morgan fingerprint density at radius 2 is 1.49 bits per heavy atom. The molecular formula is C28H42Cl2N8O2S. The summed E-state index contributed by atoms with van der Waals surface area (Å²) in [6, 6.07) is 8.21. The summed E-state index contributed by atoms with van der Waals surface area (Å²) in [6.07, 6.45) is 12.1. The summed E-state index contributed by atoms with van der Waals surface area (Å²) >= 11 is 0. The molecule has 2 saturated carbocycles. The van der Waals surface area contributed by atoms with Crippen LogP contribution >= 0.6 is 24.8 Å². The van der Waals surface area contributed by atoms with Crippen LogP contribution in [0, 0.1) is 6.92 Å². The Bertz CT molecular complexity index is 1400. The van der Waals surface area contributed by atoms with Crippen molar-refractivity contribution in [3.05, 3.63) is 36.2 Å². The van der Waals surface area contributed by atoms with Gasteiger partial charge in [-0.25, -0.2) is 13.4 Å². The molecular weight excluding hydrogens is 583 g/mol. The van der Waals surface area contributed by atoms with Gasteiger partial charge in [0.1, 0.15) is 0 Å². The van der Waals surface area contributed by atoms with E-state index in [9.17, 15) is 8.42 Å². The Kier molecular flexibility index (Phi) is 10.4. The number of piperidine rings is 1. The first-order chi connectivity index (χ1) is 18.9. The Balaban J connectivity index is 0.00000194. The number of hydrogen-bond donors (Lipinski definition) is 3. The molecule has 0 bridgehead atoms. The van der Waals surface area contributed by atoms with E-state index in [1.807, 2.05) is 25.4 Å². The number of aryl methyl sites for hydroxylation is 1. The van der Waals surface area contributed by atoms with Gasteiger partial charge in [-0.2, -0.15) is 14.3 Å². The van der Waals surface area contributed by atoms with Crippen LogP contribution in [-0.4, -0.2) is 63.5 Å². The molecule has 0 atom stereocenters. The molecule has 41 heavy (non-hydrogen) atoms. The molecule has 1 aliphatic heterocycles. The lowest BCUT2D eigenvalue weighted by atomic mass is 9.92. The van der Waals surface area contributed by atoms with Gasteiger partial charge in [0.05, 0.1) is 11.2 Å². The number of benzene rings is 1. The highest BCUT2D eigenvalue weighted by Crippen LogP contribution is 2.34. The topological polar surface area (TPSA) is 131 Å². The van der Waals surface area contributed by atoms with Gasteiger partial charge in [-0.15, -0.1) is 24.8 Å². The van der Waals surface area contributed by atoms with Gasteiger partial charge < -0.3 is 20.9 Å². The molecule has 6 rings (SSSR count). The van der Waals surface area contributed by atoms with E-state index in [1.54, 1.807) is 16.4 Å². The molecule has 226 valence electrons. The van der Waals surface area contributed by atoms with Crippen molar-refractivity contribution >= 4 is 57.8 Å². The summed E-state index contributed by atoms with van der Waals surface area (Å²) in [7, 11) is -3.50. The minimum Gasteiger partial charge on any atom is -0.365 e. The van der Waals surface area contributed by atoms with Crippen LogP contribution in [0.3, 0.4) is 0 Å². The maximum atomic E-state index is 13.2. The van der Waals surface area contributed by atoms with Crippen molar-refractivity contribution in [2.75, 3.05) is 23.7 Å². The molecule has 2 aromatic heterocycles. The molecule has 1 saturated heterocycles. The van der Waals surface area contributed by atoms with Crippen LogP contribution < -0.4 is 16.4 Å². The van der Waals surface area contributed by atoms with E-state index in [0.29, 0.717) is 48.9 Å². The van der Waals surface area contributed by atoms with Crippen LogP contribution in [0.25, 0.3) is 11.2 Å². The zero-order valence-corrected chi connectivity index (χ0v) is 26.0. The molecule has 4 N–H and O–H groups in total. The molecule has 0 unspecified atom stereocenters. The average molecular weight is 626 g/mol. The molecule has 2 aliphatic carbocycles. The Labute approximate surface area is 255 Å². The summed E-state index contributed by atoms with van der Waals surface area (Å²) < 4.78 is 30.2. The largest absolute Gasteiger partial charge is 0.365 e. The summed E-state index contributed by atoms with van der Waals surface area (Å²) in [5.74, 6) is 1.36. The van der Waals surface area contributed by atoms with E-state index in [-0.39, 0.29) is 36.9 Å². The number of hydrogen-bond acceptors (Lipinski definition) is 8. The number of nitrogens with one attached hydrogen (secondary N) is 2. The van der Waals surface area contributed by atoms with Gasteiger partial charge in [0.15, 0.2) is 17.0 Å². The van der Waals surface area contributed by atoms with Crippen LogP contribution in [0.5, 0.6) is 0 Å². The molecule has 0 amide bonds. The molecule has 0 spiro atoms. The van der Waals surface area contributed by atoms with Gasteiger partial charge in [0, 0.05) is 37.3 Å². The molecule has 3 aliphatic rings. The molecule has 3 fully saturated rings.